The van der Waals surface area contributed by atoms with E-state index in [-0.39, 0.29) is 29.9 Å². The molecule has 10 nitrogen and oxygen atoms in total. The molecular formula is C17H21N3O7. The first kappa shape index (κ1) is 20.1. The third-order valence-electron chi connectivity index (χ3n) is 4.35. The molecule has 0 bridgehead atoms. The number of benzene rings is 1. The average molecular weight is 379 g/mol. The second-order valence-electron chi connectivity index (χ2n) is 6.06. The van der Waals surface area contributed by atoms with Gasteiger partial charge in [0.2, 0.25) is 5.91 Å². The molecule has 0 radical (unpaired) electrons. The Morgan fingerprint density at radius 3 is 2.30 bits per heavy atom. The van der Waals surface area contributed by atoms with Gasteiger partial charge >= 0.3 is 12.1 Å². The number of amides is 2. The van der Waals surface area contributed by atoms with Gasteiger partial charge in [-0.2, -0.15) is 0 Å². The number of carbonyl (C=O) groups excluding carboxylic acids is 3. The molecule has 0 unspecified atom stereocenters. The highest BCUT2D eigenvalue weighted by Gasteiger charge is 2.30. The monoisotopic (exact) mass is 379 g/mol. The first-order valence-corrected chi connectivity index (χ1v) is 8.37. The van der Waals surface area contributed by atoms with E-state index in [0.29, 0.717) is 25.9 Å². The molecule has 1 aromatic carbocycles. The summed E-state index contributed by atoms with van der Waals surface area (Å²) in [6, 6.07) is 5.07. The first-order chi connectivity index (χ1) is 12.8. The summed E-state index contributed by atoms with van der Waals surface area (Å²) >= 11 is 0. The average Bonchev–Trinajstić information content (AvgIpc) is 2.66. The maximum Gasteiger partial charge on any atom is 0.415 e. The van der Waals surface area contributed by atoms with Crippen molar-refractivity contribution in [3.8, 4) is 5.75 Å². The first-order valence-electron chi connectivity index (χ1n) is 8.37. The van der Waals surface area contributed by atoms with Crippen LogP contribution < -0.4 is 4.74 Å². The molecule has 1 heterocycles. The van der Waals surface area contributed by atoms with E-state index in [9.17, 15) is 24.5 Å². The highest BCUT2D eigenvalue weighted by molar-refractivity contribution is 5.80. The molecule has 0 aromatic heterocycles. The van der Waals surface area contributed by atoms with Crippen LogP contribution in [0.2, 0.25) is 0 Å². The minimum atomic E-state index is -0.565. The van der Waals surface area contributed by atoms with Gasteiger partial charge in [0, 0.05) is 38.2 Å². The second-order valence-corrected chi connectivity index (χ2v) is 6.06. The van der Waals surface area contributed by atoms with Crippen LogP contribution in [0.3, 0.4) is 0 Å². The zero-order chi connectivity index (χ0) is 20.0. The lowest BCUT2D eigenvalue weighted by Crippen LogP contribution is -2.50. The lowest BCUT2D eigenvalue weighted by molar-refractivity contribution is -0.384. The van der Waals surface area contributed by atoms with E-state index in [0.717, 1.165) is 0 Å². The van der Waals surface area contributed by atoms with Crippen LogP contribution in [0.4, 0.5) is 10.5 Å². The number of likely N-dealkylation sites (tertiary alicyclic amines) is 1. The molecular weight excluding hydrogens is 358 g/mol. The molecule has 2 amide bonds. The number of piperidine rings is 1. The number of nitro groups is 1. The van der Waals surface area contributed by atoms with Gasteiger partial charge in [-0.05, 0) is 25.0 Å². The van der Waals surface area contributed by atoms with Crippen LogP contribution >= 0.6 is 0 Å². The van der Waals surface area contributed by atoms with Crippen LogP contribution in [0.1, 0.15) is 19.8 Å². The Morgan fingerprint density at radius 2 is 1.81 bits per heavy atom. The lowest BCUT2D eigenvalue weighted by Gasteiger charge is -2.37. The van der Waals surface area contributed by atoms with E-state index in [2.05, 4.69) is 4.74 Å². The number of ether oxygens (including phenoxy) is 2. The van der Waals surface area contributed by atoms with Crippen molar-refractivity contribution >= 4 is 23.7 Å². The van der Waals surface area contributed by atoms with Crippen molar-refractivity contribution in [1.82, 2.24) is 9.80 Å². The molecule has 0 aliphatic carbocycles. The van der Waals surface area contributed by atoms with Crippen LogP contribution in [-0.4, -0.2) is 65.5 Å². The molecule has 27 heavy (non-hydrogen) atoms. The van der Waals surface area contributed by atoms with Gasteiger partial charge in [0.05, 0.1) is 12.0 Å². The predicted octanol–water partition coefficient (Wildman–Crippen LogP) is 1.58. The summed E-state index contributed by atoms with van der Waals surface area (Å²) in [4.78, 5) is 48.5. The predicted molar refractivity (Wildman–Crippen MR) is 93.1 cm³/mol. The van der Waals surface area contributed by atoms with Crippen LogP contribution in [0.15, 0.2) is 24.3 Å². The topological polar surface area (TPSA) is 119 Å². The molecule has 10 heteroatoms. The summed E-state index contributed by atoms with van der Waals surface area (Å²) in [6.45, 7) is 1.99. The fraction of sp³-hybridized carbons (Fsp3) is 0.471. The van der Waals surface area contributed by atoms with Crippen LogP contribution in [-0.2, 0) is 14.3 Å². The molecule has 146 valence electrons. The molecule has 1 aliphatic rings. The smallest absolute Gasteiger partial charge is 0.415 e. The standard InChI is InChI=1S/C17H21N3O7/c1-12(21)19(11-16(22)26-2)13-7-9-18(10-8-13)17(23)27-15-5-3-14(4-6-15)20(24)25/h3-6,13H,7-11H2,1-2H3. The van der Waals surface area contributed by atoms with E-state index in [1.54, 1.807) is 0 Å². The number of rotatable bonds is 5. The van der Waals surface area contributed by atoms with E-state index >= 15 is 0 Å². The number of methoxy groups -OCH3 is 1. The fourth-order valence-corrected chi connectivity index (χ4v) is 2.86. The summed E-state index contributed by atoms with van der Waals surface area (Å²) in [5, 5.41) is 10.6. The van der Waals surface area contributed by atoms with Crippen molar-refractivity contribution in [2.24, 2.45) is 0 Å². The van der Waals surface area contributed by atoms with Crippen molar-refractivity contribution in [3.63, 3.8) is 0 Å². The number of esters is 1. The summed E-state index contributed by atoms with van der Waals surface area (Å²) in [5.74, 6) is -0.513. The van der Waals surface area contributed by atoms with Crippen molar-refractivity contribution in [1.29, 1.82) is 0 Å². The summed E-state index contributed by atoms with van der Waals surface area (Å²) in [6.07, 6.45) is 0.447. The molecule has 0 saturated carbocycles. The summed E-state index contributed by atoms with van der Waals surface area (Å²) < 4.78 is 9.83. The summed E-state index contributed by atoms with van der Waals surface area (Å²) in [7, 11) is 1.26. The Bertz CT molecular complexity index is 712. The van der Waals surface area contributed by atoms with Crippen LogP contribution in [0.25, 0.3) is 0 Å². The molecule has 2 rings (SSSR count). The van der Waals surface area contributed by atoms with Crippen LogP contribution in [0, 0.1) is 10.1 Å². The van der Waals surface area contributed by atoms with Gasteiger partial charge in [-0.1, -0.05) is 0 Å². The van der Waals surface area contributed by atoms with Gasteiger partial charge in [0.25, 0.3) is 5.69 Å². The van der Waals surface area contributed by atoms with E-state index in [1.807, 2.05) is 0 Å². The summed E-state index contributed by atoms with van der Waals surface area (Å²) in [5.41, 5.74) is -0.0921. The molecule has 0 N–H and O–H groups in total. The Balaban J connectivity index is 1.90. The zero-order valence-electron chi connectivity index (χ0n) is 15.1. The SMILES string of the molecule is COC(=O)CN(C(C)=O)C1CCN(C(=O)Oc2ccc([N+](=O)[O-])cc2)CC1. The Labute approximate surface area is 155 Å². The molecule has 0 atom stereocenters. The molecule has 1 saturated heterocycles. The van der Waals surface area contributed by atoms with Crippen molar-refractivity contribution in [2.75, 3.05) is 26.7 Å². The number of hydrogen-bond acceptors (Lipinski definition) is 7. The largest absolute Gasteiger partial charge is 0.468 e. The molecule has 1 fully saturated rings. The highest BCUT2D eigenvalue weighted by Crippen LogP contribution is 2.21. The third-order valence-corrected chi connectivity index (χ3v) is 4.35. The van der Waals surface area contributed by atoms with E-state index in [4.69, 9.17) is 4.74 Å². The third kappa shape index (κ3) is 5.40. The van der Waals surface area contributed by atoms with Gasteiger partial charge in [-0.3, -0.25) is 19.7 Å². The van der Waals surface area contributed by atoms with Crippen molar-refractivity contribution in [2.45, 2.75) is 25.8 Å². The quantitative estimate of drug-likeness (QED) is 0.433. The van der Waals surface area contributed by atoms with Gasteiger partial charge in [-0.25, -0.2) is 4.79 Å². The van der Waals surface area contributed by atoms with Gasteiger partial charge in [0.15, 0.2) is 0 Å². The van der Waals surface area contributed by atoms with Crippen molar-refractivity contribution < 1.29 is 28.8 Å². The van der Waals surface area contributed by atoms with Gasteiger partial charge in [0.1, 0.15) is 12.3 Å². The minimum absolute atomic E-state index is 0.0921. The maximum absolute atomic E-state index is 12.2. The number of hydrogen-bond donors (Lipinski definition) is 0. The highest BCUT2D eigenvalue weighted by atomic mass is 16.6. The lowest BCUT2D eigenvalue weighted by atomic mass is 10.0. The second kappa shape index (κ2) is 8.97. The Hall–Kier alpha value is -3.17. The Morgan fingerprint density at radius 1 is 1.22 bits per heavy atom. The van der Waals surface area contributed by atoms with Crippen LogP contribution in [0.5, 0.6) is 5.75 Å². The molecule has 1 aliphatic heterocycles. The van der Waals surface area contributed by atoms with Gasteiger partial charge in [-0.15, -0.1) is 0 Å². The number of carbonyl (C=O) groups is 3. The zero-order valence-corrected chi connectivity index (χ0v) is 15.1. The van der Waals surface area contributed by atoms with E-state index < -0.39 is 17.0 Å². The number of nitrogens with zero attached hydrogens (tertiary/aromatic N) is 3. The normalized spacial score (nSPS) is 14.4. The van der Waals surface area contributed by atoms with E-state index in [1.165, 1.54) is 48.1 Å². The minimum Gasteiger partial charge on any atom is -0.468 e. The number of nitro benzene ring substituents is 1. The number of non-ortho nitro benzene ring substituents is 1. The Kier molecular flexibility index (Phi) is 6.69. The molecule has 0 spiro atoms. The van der Waals surface area contributed by atoms with Gasteiger partial charge < -0.3 is 19.3 Å². The maximum atomic E-state index is 12.2. The van der Waals surface area contributed by atoms with Crippen molar-refractivity contribution in [3.05, 3.63) is 34.4 Å². The fourth-order valence-electron chi connectivity index (χ4n) is 2.86. The molecule has 1 aromatic rings.